The van der Waals surface area contributed by atoms with Crippen LogP contribution in [0.4, 0.5) is 0 Å². The van der Waals surface area contributed by atoms with Gasteiger partial charge in [0.2, 0.25) is 0 Å². The molecule has 1 heterocycles. The van der Waals surface area contributed by atoms with E-state index in [1.165, 1.54) is 11.3 Å². The van der Waals surface area contributed by atoms with Crippen LogP contribution >= 0.6 is 11.8 Å². The van der Waals surface area contributed by atoms with Crippen molar-refractivity contribution in [2.24, 2.45) is 11.8 Å². The smallest absolute Gasteiger partial charge is 0.0509 e. The van der Waals surface area contributed by atoms with Crippen molar-refractivity contribution in [1.29, 1.82) is 0 Å². The fourth-order valence-electron chi connectivity index (χ4n) is 2.11. The Hall–Kier alpha value is -0.550. The fourth-order valence-corrected chi connectivity index (χ4v) is 3.20. The van der Waals surface area contributed by atoms with E-state index < -0.39 is 0 Å². The Labute approximate surface area is 107 Å². The van der Waals surface area contributed by atoms with E-state index in [1.807, 2.05) is 17.8 Å². The zero-order valence-electron chi connectivity index (χ0n) is 9.97. The zero-order valence-corrected chi connectivity index (χ0v) is 10.8. The molecule has 1 aliphatic heterocycles. The molecule has 3 N–H and O–H groups in total. The second-order valence-corrected chi connectivity index (χ2v) is 5.47. The van der Waals surface area contributed by atoms with Gasteiger partial charge in [-0.15, -0.1) is 11.8 Å². The van der Waals surface area contributed by atoms with Crippen LogP contribution in [0.5, 0.6) is 0 Å². The quantitative estimate of drug-likeness (QED) is 0.478. The first-order chi connectivity index (χ1) is 8.40. The molecule has 1 fully saturated rings. The van der Waals surface area contributed by atoms with Crippen LogP contribution in [0, 0.1) is 5.92 Å². The molecule has 1 aromatic rings. The van der Waals surface area contributed by atoms with Crippen LogP contribution in [0.25, 0.3) is 0 Å². The molecule has 0 aliphatic carbocycles. The Bertz CT molecular complexity index is 314. The minimum absolute atomic E-state index is 0.334. The van der Waals surface area contributed by atoms with Crippen molar-refractivity contribution in [1.82, 2.24) is 5.43 Å². The van der Waals surface area contributed by atoms with Gasteiger partial charge >= 0.3 is 0 Å². The van der Waals surface area contributed by atoms with Crippen molar-refractivity contribution < 1.29 is 4.74 Å². The molecule has 0 amide bonds. The van der Waals surface area contributed by atoms with E-state index in [0.29, 0.717) is 12.0 Å². The largest absolute Gasteiger partial charge is 0.381 e. The van der Waals surface area contributed by atoms with Crippen LogP contribution < -0.4 is 11.3 Å². The number of rotatable bonds is 5. The molecule has 0 aromatic heterocycles. The molecule has 3 nitrogen and oxygen atoms in total. The summed E-state index contributed by atoms with van der Waals surface area (Å²) in [5.41, 5.74) is 2.94. The first kappa shape index (κ1) is 12.9. The summed E-state index contributed by atoms with van der Waals surface area (Å²) in [5, 5.41) is 0. The molecule has 1 saturated heterocycles. The predicted octanol–water partition coefficient (Wildman–Crippen LogP) is 2.04. The van der Waals surface area contributed by atoms with Gasteiger partial charge in [0, 0.05) is 23.3 Å². The number of nitrogens with one attached hydrogen (secondary N) is 1. The second kappa shape index (κ2) is 7.01. The topological polar surface area (TPSA) is 47.3 Å². The monoisotopic (exact) mass is 252 g/mol. The number of hydrazine groups is 1. The molecule has 1 aromatic carbocycles. The van der Waals surface area contributed by atoms with Gasteiger partial charge in [-0.05, 0) is 30.9 Å². The van der Waals surface area contributed by atoms with Crippen LogP contribution in [-0.2, 0) is 4.74 Å². The average Bonchev–Trinajstić information content (AvgIpc) is 2.42. The van der Waals surface area contributed by atoms with E-state index in [2.05, 4.69) is 29.7 Å². The average molecular weight is 252 g/mol. The third-order valence-electron chi connectivity index (χ3n) is 3.15. The van der Waals surface area contributed by atoms with Crippen LogP contribution in [0.15, 0.2) is 35.2 Å². The van der Waals surface area contributed by atoms with Gasteiger partial charge < -0.3 is 4.74 Å². The van der Waals surface area contributed by atoms with E-state index in [9.17, 15) is 0 Å². The summed E-state index contributed by atoms with van der Waals surface area (Å²) in [4.78, 5) is 1.30. The standard InChI is InChI=1S/C13H20N2OS/c14-15-13(11-5-4-8-16-9-11)10-17-12-6-2-1-3-7-12/h1-3,6-7,11,13,15H,4-5,8-10,14H2. The lowest BCUT2D eigenvalue weighted by Crippen LogP contribution is -2.45. The molecule has 17 heavy (non-hydrogen) atoms. The van der Waals surface area contributed by atoms with Crippen molar-refractivity contribution in [3.63, 3.8) is 0 Å². The van der Waals surface area contributed by atoms with Gasteiger partial charge in [0.25, 0.3) is 0 Å². The van der Waals surface area contributed by atoms with Gasteiger partial charge in [0.15, 0.2) is 0 Å². The van der Waals surface area contributed by atoms with Crippen LogP contribution in [0.3, 0.4) is 0 Å². The molecule has 0 saturated carbocycles. The highest BCUT2D eigenvalue weighted by Gasteiger charge is 2.23. The highest BCUT2D eigenvalue weighted by Crippen LogP contribution is 2.24. The van der Waals surface area contributed by atoms with Crippen LogP contribution in [0.1, 0.15) is 12.8 Å². The summed E-state index contributed by atoms with van der Waals surface area (Å²) < 4.78 is 5.51. The minimum atomic E-state index is 0.334. The summed E-state index contributed by atoms with van der Waals surface area (Å²) in [6, 6.07) is 10.8. The molecule has 2 atom stereocenters. The SMILES string of the molecule is NNC(CSc1ccccc1)C1CCCOC1. The molecular weight excluding hydrogens is 232 g/mol. The van der Waals surface area contributed by atoms with Gasteiger partial charge in [-0.25, -0.2) is 0 Å². The lowest BCUT2D eigenvalue weighted by molar-refractivity contribution is 0.0427. The van der Waals surface area contributed by atoms with E-state index in [0.717, 1.165) is 25.4 Å². The van der Waals surface area contributed by atoms with Gasteiger partial charge in [-0.3, -0.25) is 11.3 Å². The molecule has 0 radical (unpaired) electrons. The maximum Gasteiger partial charge on any atom is 0.0509 e. The summed E-state index contributed by atoms with van der Waals surface area (Å²) in [6.07, 6.45) is 2.36. The molecule has 1 aliphatic rings. The number of nitrogens with two attached hydrogens (primary N) is 1. The lowest BCUT2D eigenvalue weighted by Gasteiger charge is -2.29. The Morgan fingerprint density at radius 2 is 2.24 bits per heavy atom. The van der Waals surface area contributed by atoms with Gasteiger partial charge in [0.05, 0.1) is 6.61 Å². The molecule has 0 spiro atoms. The van der Waals surface area contributed by atoms with Crippen LogP contribution in [0.2, 0.25) is 0 Å². The van der Waals surface area contributed by atoms with Crippen molar-refractivity contribution >= 4 is 11.8 Å². The third-order valence-corrected chi connectivity index (χ3v) is 4.28. The lowest BCUT2D eigenvalue weighted by atomic mass is 9.95. The number of hydrogen-bond acceptors (Lipinski definition) is 4. The van der Waals surface area contributed by atoms with E-state index in [1.54, 1.807) is 0 Å². The first-order valence-electron chi connectivity index (χ1n) is 6.12. The summed E-state index contributed by atoms with van der Waals surface area (Å²) in [5.74, 6) is 7.19. The van der Waals surface area contributed by atoms with Crippen molar-refractivity contribution in [3.8, 4) is 0 Å². The molecule has 94 valence electrons. The Balaban J connectivity index is 1.82. The van der Waals surface area contributed by atoms with E-state index >= 15 is 0 Å². The summed E-state index contributed by atoms with van der Waals surface area (Å²) >= 11 is 1.85. The molecule has 4 heteroatoms. The maximum atomic E-state index is 5.65. The van der Waals surface area contributed by atoms with E-state index in [-0.39, 0.29) is 0 Å². The highest BCUT2D eigenvalue weighted by molar-refractivity contribution is 7.99. The fraction of sp³-hybridized carbons (Fsp3) is 0.538. The first-order valence-corrected chi connectivity index (χ1v) is 7.10. The molecule has 2 rings (SSSR count). The van der Waals surface area contributed by atoms with Gasteiger partial charge in [0.1, 0.15) is 0 Å². The van der Waals surface area contributed by atoms with Gasteiger partial charge in [-0.2, -0.15) is 0 Å². The zero-order chi connectivity index (χ0) is 11.9. The summed E-state index contributed by atoms with van der Waals surface area (Å²) in [6.45, 7) is 1.74. The van der Waals surface area contributed by atoms with Crippen LogP contribution in [-0.4, -0.2) is 25.0 Å². The maximum absolute atomic E-state index is 5.65. The van der Waals surface area contributed by atoms with Gasteiger partial charge in [-0.1, -0.05) is 18.2 Å². The number of benzene rings is 1. The molecule has 0 bridgehead atoms. The van der Waals surface area contributed by atoms with E-state index in [4.69, 9.17) is 10.6 Å². The Kier molecular flexibility index (Phi) is 5.32. The Morgan fingerprint density at radius 3 is 2.88 bits per heavy atom. The van der Waals surface area contributed by atoms with Crippen molar-refractivity contribution in [2.45, 2.75) is 23.8 Å². The summed E-state index contributed by atoms with van der Waals surface area (Å²) in [7, 11) is 0. The number of thioether (sulfide) groups is 1. The molecular formula is C13H20N2OS. The number of hydrogen-bond donors (Lipinski definition) is 2. The van der Waals surface area contributed by atoms with Crippen molar-refractivity contribution in [3.05, 3.63) is 30.3 Å². The molecule has 2 unspecified atom stereocenters. The Morgan fingerprint density at radius 1 is 1.41 bits per heavy atom. The number of ether oxygens (including phenoxy) is 1. The second-order valence-electron chi connectivity index (χ2n) is 4.37. The predicted molar refractivity (Wildman–Crippen MR) is 71.8 cm³/mol. The third kappa shape index (κ3) is 4.00. The van der Waals surface area contributed by atoms with Crippen molar-refractivity contribution in [2.75, 3.05) is 19.0 Å². The normalized spacial score (nSPS) is 22.3. The highest BCUT2D eigenvalue weighted by atomic mass is 32.2. The minimum Gasteiger partial charge on any atom is -0.381 e.